The Balaban J connectivity index is 3.48. The second-order valence-corrected chi connectivity index (χ2v) is 5.10. The number of hydrogen-bond donors (Lipinski definition) is 3. The normalized spacial score (nSPS) is 13.2. The van der Waals surface area contributed by atoms with Gasteiger partial charge in [-0.25, -0.2) is 4.79 Å². The quantitative estimate of drug-likeness (QED) is 0.765. The van der Waals surface area contributed by atoms with Crippen LogP contribution in [0, 0.1) is 0 Å². The number of aliphatic carboxylic acids is 1. The number of phenols is 1. The van der Waals surface area contributed by atoms with Crippen LogP contribution >= 0.6 is 0 Å². The van der Waals surface area contributed by atoms with Crippen molar-refractivity contribution in [2.45, 2.75) is 32.3 Å². The van der Waals surface area contributed by atoms with Gasteiger partial charge < -0.3 is 20.1 Å². The lowest BCUT2D eigenvalue weighted by atomic mass is 9.84. The van der Waals surface area contributed by atoms with Crippen LogP contribution < -0.4 is 4.74 Å². The van der Waals surface area contributed by atoms with Crippen LogP contribution in [-0.4, -0.2) is 28.4 Å². The number of hydrogen-bond acceptors (Lipinski definition) is 4. The molecule has 5 nitrogen and oxygen atoms in total. The summed E-state index contributed by atoms with van der Waals surface area (Å²) in [4.78, 5) is 10.8. The maximum Gasteiger partial charge on any atom is 0.337 e. The highest BCUT2D eigenvalue weighted by Crippen LogP contribution is 2.39. The van der Waals surface area contributed by atoms with Crippen molar-refractivity contribution in [2.24, 2.45) is 0 Å². The molecule has 0 spiro atoms. The van der Waals surface area contributed by atoms with Crippen molar-refractivity contribution < 1.29 is 24.9 Å². The zero-order chi connectivity index (χ0) is 14.1. The number of rotatable bonds is 3. The molecule has 1 aromatic rings. The number of phenolic OH excluding ortho intramolecular Hbond substituents is 1. The fourth-order valence-electron chi connectivity index (χ4n) is 1.66. The van der Waals surface area contributed by atoms with E-state index in [0.717, 1.165) is 0 Å². The predicted octanol–water partition coefficient (Wildman–Crippen LogP) is 1.82. The average Bonchev–Trinajstić information content (AvgIpc) is 2.26. The van der Waals surface area contributed by atoms with Crippen LogP contribution in [0.3, 0.4) is 0 Å². The van der Waals surface area contributed by atoms with Crippen molar-refractivity contribution in [3.05, 3.63) is 23.3 Å². The van der Waals surface area contributed by atoms with Crippen molar-refractivity contribution in [3.63, 3.8) is 0 Å². The second-order valence-electron chi connectivity index (χ2n) is 5.10. The molecule has 1 aromatic carbocycles. The molecule has 3 N–H and O–H groups in total. The Morgan fingerprint density at radius 1 is 1.33 bits per heavy atom. The Kier molecular flexibility index (Phi) is 3.86. The van der Waals surface area contributed by atoms with Gasteiger partial charge in [0.15, 0.2) is 6.10 Å². The topological polar surface area (TPSA) is 87.0 Å². The number of benzene rings is 1. The van der Waals surface area contributed by atoms with Gasteiger partial charge in [0.2, 0.25) is 0 Å². The fraction of sp³-hybridized carbons (Fsp3) is 0.462. The number of methoxy groups -OCH3 is 1. The number of aliphatic hydroxyl groups is 1. The first kappa shape index (κ1) is 14.3. The smallest absolute Gasteiger partial charge is 0.337 e. The Hall–Kier alpha value is -1.75. The maximum atomic E-state index is 10.8. The summed E-state index contributed by atoms with van der Waals surface area (Å²) in [6.45, 7) is 5.62. The standard InChI is InChI=1S/C13H18O5/c1-13(2,3)9-6-7(18-4)5-8(10(9)14)11(15)12(16)17/h5-6,11,14-15H,1-4H3,(H,16,17). The molecular formula is C13H18O5. The largest absolute Gasteiger partial charge is 0.507 e. The van der Waals surface area contributed by atoms with Gasteiger partial charge in [0, 0.05) is 11.1 Å². The van der Waals surface area contributed by atoms with Crippen molar-refractivity contribution in [2.75, 3.05) is 7.11 Å². The summed E-state index contributed by atoms with van der Waals surface area (Å²) in [5, 5.41) is 28.5. The number of aromatic hydroxyl groups is 1. The van der Waals surface area contributed by atoms with Crippen LogP contribution in [0.4, 0.5) is 0 Å². The Morgan fingerprint density at radius 2 is 1.89 bits per heavy atom. The third kappa shape index (κ3) is 2.73. The summed E-state index contributed by atoms with van der Waals surface area (Å²) < 4.78 is 5.06. The summed E-state index contributed by atoms with van der Waals surface area (Å²) in [6, 6.07) is 2.96. The zero-order valence-corrected chi connectivity index (χ0v) is 10.9. The van der Waals surface area contributed by atoms with Gasteiger partial charge in [0.05, 0.1) is 7.11 Å². The number of ether oxygens (including phenoxy) is 1. The van der Waals surface area contributed by atoms with E-state index >= 15 is 0 Å². The molecule has 0 fully saturated rings. The van der Waals surface area contributed by atoms with Crippen LogP contribution in [0.15, 0.2) is 12.1 Å². The van der Waals surface area contributed by atoms with Gasteiger partial charge in [-0.05, 0) is 17.5 Å². The third-order valence-electron chi connectivity index (χ3n) is 2.69. The van der Waals surface area contributed by atoms with E-state index in [0.29, 0.717) is 11.3 Å². The van der Waals surface area contributed by atoms with E-state index in [9.17, 15) is 15.0 Å². The Bertz CT molecular complexity index is 459. The molecule has 1 atom stereocenters. The molecular weight excluding hydrogens is 236 g/mol. The first-order valence-corrected chi connectivity index (χ1v) is 5.50. The van der Waals surface area contributed by atoms with E-state index < -0.39 is 17.5 Å². The van der Waals surface area contributed by atoms with E-state index in [4.69, 9.17) is 9.84 Å². The molecule has 0 saturated carbocycles. The van der Waals surface area contributed by atoms with Gasteiger partial charge in [-0.3, -0.25) is 0 Å². The number of aliphatic hydroxyl groups excluding tert-OH is 1. The molecule has 1 unspecified atom stereocenters. The van der Waals surface area contributed by atoms with Crippen LogP contribution in [0.2, 0.25) is 0 Å². The summed E-state index contributed by atoms with van der Waals surface area (Å²) in [5.74, 6) is -1.23. The monoisotopic (exact) mass is 254 g/mol. The minimum Gasteiger partial charge on any atom is -0.507 e. The highest BCUT2D eigenvalue weighted by molar-refractivity contribution is 5.76. The van der Waals surface area contributed by atoms with Crippen LogP contribution in [-0.2, 0) is 10.2 Å². The molecule has 0 aliphatic rings. The van der Waals surface area contributed by atoms with Crippen molar-refractivity contribution >= 4 is 5.97 Å². The summed E-state index contributed by atoms with van der Waals surface area (Å²) in [5.41, 5.74) is 0.0647. The molecule has 0 heterocycles. The number of carboxylic acid groups (broad SMARTS) is 1. The van der Waals surface area contributed by atoms with E-state index in [1.165, 1.54) is 13.2 Å². The molecule has 18 heavy (non-hydrogen) atoms. The van der Waals surface area contributed by atoms with E-state index in [1.807, 2.05) is 20.8 Å². The molecule has 1 rings (SSSR count). The molecule has 0 aliphatic heterocycles. The molecule has 0 aliphatic carbocycles. The first-order valence-electron chi connectivity index (χ1n) is 5.50. The maximum absolute atomic E-state index is 10.8. The van der Waals surface area contributed by atoms with Gasteiger partial charge in [-0.1, -0.05) is 20.8 Å². The van der Waals surface area contributed by atoms with Crippen molar-refractivity contribution in [3.8, 4) is 11.5 Å². The zero-order valence-electron chi connectivity index (χ0n) is 10.9. The second kappa shape index (κ2) is 4.86. The molecule has 0 saturated heterocycles. The molecule has 100 valence electrons. The summed E-state index contributed by atoms with van der Waals surface area (Å²) >= 11 is 0. The lowest BCUT2D eigenvalue weighted by molar-refractivity contribution is -0.147. The van der Waals surface area contributed by atoms with E-state index in [1.54, 1.807) is 6.07 Å². The van der Waals surface area contributed by atoms with Gasteiger partial charge >= 0.3 is 5.97 Å². The van der Waals surface area contributed by atoms with Crippen molar-refractivity contribution in [1.82, 2.24) is 0 Å². The van der Waals surface area contributed by atoms with Crippen LogP contribution in [0.25, 0.3) is 0 Å². The lowest BCUT2D eigenvalue weighted by Gasteiger charge is -2.23. The molecule has 0 radical (unpaired) electrons. The molecule has 0 bridgehead atoms. The molecule has 0 amide bonds. The summed E-state index contributed by atoms with van der Waals surface area (Å²) in [6.07, 6.45) is -1.78. The van der Waals surface area contributed by atoms with Gasteiger partial charge in [-0.2, -0.15) is 0 Å². The molecule has 0 aromatic heterocycles. The van der Waals surface area contributed by atoms with Crippen LogP contribution in [0.1, 0.15) is 38.0 Å². The lowest BCUT2D eigenvalue weighted by Crippen LogP contribution is -2.16. The van der Waals surface area contributed by atoms with Crippen molar-refractivity contribution in [1.29, 1.82) is 0 Å². The average molecular weight is 254 g/mol. The van der Waals surface area contributed by atoms with E-state index in [2.05, 4.69) is 0 Å². The SMILES string of the molecule is COc1cc(C(O)C(=O)O)c(O)c(C(C)(C)C)c1. The van der Waals surface area contributed by atoms with E-state index in [-0.39, 0.29) is 11.3 Å². The van der Waals surface area contributed by atoms with Crippen LogP contribution in [0.5, 0.6) is 11.5 Å². The summed E-state index contributed by atoms with van der Waals surface area (Å²) in [7, 11) is 1.44. The van der Waals surface area contributed by atoms with Gasteiger partial charge in [-0.15, -0.1) is 0 Å². The highest BCUT2D eigenvalue weighted by atomic mass is 16.5. The number of carbonyl (C=O) groups is 1. The predicted molar refractivity (Wildman–Crippen MR) is 66.0 cm³/mol. The third-order valence-corrected chi connectivity index (χ3v) is 2.69. The number of carboxylic acids is 1. The Labute approximate surface area is 106 Å². The molecule has 5 heteroatoms. The first-order chi connectivity index (χ1) is 8.18. The fourth-order valence-corrected chi connectivity index (χ4v) is 1.66. The Morgan fingerprint density at radius 3 is 2.28 bits per heavy atom. The minimum absolute atomic E-state index is 0.0632. The van der Waals surface area contributed by atoms with Gasteiger partial charge in [0.1, 0.15) is 11.5 Å². The highest BCUT2D eigenvalue weighted by Gasteiger charge is 2.27. The minimum atomic E-state index is -1.78. The van der Waals surface area contributed by atoms with Gasteiger partial charge in [0.25, 0.3) is 0 Å².